The number of hydrogen-bond acceptors (Lipinski definition) is 4. The molecule has 0 atom stereocenters. The Hall–Kier alpha value is -2.35. The number of carbonyl (C=O) groups is 1. The van der Waals surface area contributed by atoms with Crippen molar-refractivity contribution in [1.82, 2.24) is 19.3 Å². The molecule has 3 aromatic heterocycles. The zero-order chi connectivity index (χ0) is 21.4. The van der Waals surface area contributed by atoms with Gasteiger partial charge in [0, 0.05) is 25.1 Å². The van der Waals surface area contributed by atoms with Gasteiger partial charge in [0.25, 0.3) is 0 Å². The Kier molecular flexibility index (Phi) is 5.86. The van der Waals surface area contributed by atoms with Gasteiger partial charge in [0.1, 0.15) is 15.9 Å². The summed E-state index contributed by atoms with van der Waals surface area (Å²) in [5.41, 5.74) is 1.26. The van der Waals surface area contributed by atoms with Crippen LogP contribution in [0.15, 0.2) is 52.6 Å². The average molecular weight is 463 g/mol. The van der Waals surface area contributed by atoms with Crippen LogP contribution >= 0.6 is 35.0 Å². The molecule has 0 spiro atoms. The maximum Gasteiger partial charge on any atom is 0.178 e. The van der Waals surface area contributed by atoms with Crippen molar-refractivity contribution in [2.75, 3.05) is 0 Å². The van der Waals surface area contributed by atoms with Gasteiger partial charge in [-0.05, 0) is 30.7 Å². The Morgan fingerprint density at radius 1 is 1.23 bits per heavy atom. The molecule has 0 amide bonds. The molecule has 0 radical (unpaired) electrons. The summed E-state index contributed by atoms with van der Waals surface area (Å²) in [6.45, 7) is 4.25. The van der Waals surface area contributed by atoms with Crippen molar-refractivity contribution < 1.29 is 9.18 Å². The van der Waals surface area contributed by atoms with Gasteiger partial charge < -0.3 is 0 Å². The highest BCUT2D eigenvalue weighted by Crippen LogP contribution is 2.44. The van der Waals surface area contributed by atoms with Crippen LogP contribution in [0.3, 0.4) is 0 Å². The fourth-order valence-electron chi connectivity index (χ4n) is 3.18. The normalized spacial score (nSPS) is 11.4. The maximum absolute atomic E-state index is 15.1. The summed E-state index contributed by atoms with van der Waals surface area (Å²) < 4.78 is 18.5. The van der Waals surface area contributed by atoms with E-state index in [1.165, 1.54) is 24.8 Å². The first-order valence-electron chi connectivity index (χ1n) is 9.27. The zero-order valence-electron chi connectivity index (χ0n) is 16.2. The van der Waals surface area contributed by atoms with Crippen LogP contribution in [0, 0.1) is 5.82 Å². The van der Waals surface area contributed by atoms with Gasteiger partial charge in [-0.1, -0.05) is 48.0 Å². The van der Waals surface area contributed by atoms with E-state index >= 15 is 4.39 Å². The molecule has 0 aliphatic carbocycles. The van der Waals surface area contributed by atoms with E-state index in [-0.39, 0.29) is 16.3 Å². The van der Waals surface area contributed by atoms with Crippen molar-refractivity contribution in [3.8, 4) is 5.69 Å². The summed E-state index contributed by atoms with van der Waals surface area (Å²) in [7, 11) is 0. The van der Waals surface area contributed by atoms with Gasteiger partial charge in [0.15, 0.2) is 11.6 Å². The molecule has 0 aliphatic heterocycles. The van der Waals surface area contributed by atoms with Crippen LogP contribution in [0.5, 0.6) is 0 Å². The van der Waals surface area contributed by atoms with Crippen molar-refractivity contribution in [2.45, 2.75) is 36.7 Å². The molecule has 0 N–H and O–H groups in total. The third-order valence-electron chi connectivity index (χ3n) is 4.54. The van der Waals surface area contributed by atoms with Crippen LogP contribution in [0.1, 0.15) is 30.8 Å². The lowest BCUT2D eigenvalue weighted by atomic mass is 10.2. The van der Waals surface area contributed by atoms with Gasteiger partial charge in [-0.25, -0.2) is 9.37 Å². The Balaban J connectivity index is 1.90. The fourth-order valence-corrected chi connectivity index (χ4v) is 4.69. The Labute approximate surface area is 186 Å². The molecule has 9 heteroatoms. The number of fused-ring (bicyclic) bond motifs is 1. The van der Waals surface area contributed by atoms with Crippen LogP contribution in [0.4, 0.5) is 4.39 Å². The van der Waals surface area contributed by atoms with E-state index in [0.29, 0.717) is 31.8 Å². The molecule has 0 unspecified atom stereocenters. The Morgan fingerprint density at radius 3 is 2.77 bits per heavy atom. The molecule has 30 heavy (non-hydrogen) atoms. The molecule has 0 aliphatic rings. The molecule has 5 nitrogen and oxygen atoms in total. The third-order valence-corrected chi connectivity index (χ3v) is 6.36. The van der Waals surface area contributed by atoms with Crippen molar-refractivity contribution in [3.05, 3.63) is 64.4 Å². The summed E-state index contributed by atoms with van der Waals surface area (Å²) in [4.78, 5) is 16.7. The molecule has 0 fully saturated rings. The number of aromatic nitrogens is 4. The maximum atomic E-state index is 15.1. The SMILES string of the molecule is CCCn1cc(-n2c(Cl)c(Sc3cccc(C(C)=O)n3)c3ccc(Cl)c(F)c32)cn1. The molecule has 0 saturated heterocycles. The number of ketones is 1. The van der Waals surface area contributed by atoms with E-state index in [1.807, 2.05) is 6.20 Å². The van der Waals surface area contributed by atoms with Crippen molar-refractivity contribution in [3.63, 3.8) is 0 Å². The van der Waals surface area contributed by atoms with Crippen LogP contribution in [-0.4, -0.2) is 25.1 Å². The highest BCUT2D eigenvalue weighted by atomic mass is 35.5. The van der Waals surface area contributed by atoms with Gasteiger partial charge in [-0.15, -0.1) is 0 Å². The first-order valence-corrected chi connectivity index (χ1v) is 10.8. The number of nitrogens with zero attached hydrogens (tertiary/aromatic N) is 4. The van der Waals surface area contributed by atoms with E-state index in [2.05, 4.69) is 17.0 Å². The number of benzene rings is 1. The molecule has 4 rings (SSSR count). The van der Waals surface area contributed by atoms with E-state index < -0.39 is 5.82 Å². The predicted molar refractivity (Wildman–Crippen MR) is 118 cm³/mol. The second-order valence-electron chi connectivity index (χ2n) is 6.69. The largest absolute Gasteiger partial charge is 0.293 e. The first-order chi connectivity index (χ1) is 14.4. The van der Waals surface area contributed by atoms with Crippen LogP contribution in [0.25, 0.3) is 16.6 Å². The molecule has 3 heterocycles. The van der Waals surface area contributed by atoms with E-state index in [4.69, 9.17) is 23.2 Å². The monoisotopic (exact) mass is 462 g/mol. The Morgan fingerprint density at radius 2 is 2.03 bits per heavy atom. The minimum absolute atomic E-state index is 0.00659. The van der Waals surface area contributed by atoms with Crippen molar-refractivity contribution in [1.29, 1.82) is 0 Å². The molecule has 154 valence electrons. The molecule has 0 bridgehead atoms. The summed E-state index contributed by atoms with van der Waals surface area (Å²) in [5.74, 6) is -0.691. The lowest BCUT2D eigenvalue weighted by molar-refractivity contribution is 0.101. The van der Waals surface area contributed by atoms with Gasteiger partial charge in [0.2, 0.25) is 0 Å². The number of halogens is 3. The zero-order valence-corrected chi connectivity index (χ0v) is 18.5. The van der Waals surface area contributed by atoms with Crippen molar-refractivity contribution in [2.24, 2.45) is 0 Å². The quantitative estimate of drug-likeness (QED) is 0.309. The topological polar surface area (TPSA) is 52.7 Å². The average Bonchev–Trinajstić information content (AvgIpc) is 3.28. The summed E-state index contributed by atoms with van der Waals surface area (Å²) in [5, 5.41) is 5.85. The van der Waals surface area contributed by atoms with E-state index in [1.54, 1.807) is 39.7 Å². The fraction of sp³-hybridized carbons (Fsp3) is 0.190. The lowest BCUT2D eigenvalue weighted by Crippen LogP contribution is -1.97. The highest BCUT2D eigenvalue weighted by molar-refractivity contribution is 7.99. The van der Waals surface area contributed by atoms with Crippen LogP contribution in [0.2, 0.25) is 10.2 Å². The Bertz CT molecular complexity index is 1270. The van der Waals surface area contributed by atoms with Crippen LogP contribution in [-0.2, 0) is 6.54 Å². The number of Topliss-reactive ketones (excluding diaryl/α,β-unsaturated/α-hetero) is 1. The molecule has 0 saturated carbocycles. The van der Waals surface area contributed by atoms with Gasteiger partial charge >= 0.3 is 0 Å². The third kappa shape index (κ3) is 3.73. The summed E-state index contributed by atoms with van der Waals surface area (Å²) in [6, 6.07) is 8.42. The number of aryl methyl sites for hydroxylation is 1. The number of hydrogen-bond donors (Lipinski definition) is 0. The van der Waals surface area contributed by atoms with E-state index in [0.717, 1.165) is 13.0 Å². The molecular formula is C21H17Cl2FN4OS. The standard InChI is InChI=1S/C21H17Cl2FN4OS/c1-3-9-27-11-13(10-25-27)28-19-14(7-8-15(22)18(19)24)20(21(28)23)30-17-6-4-5-16(26-17)12(2)29/h4-8,10-11H,3,9H2,1-2H3. The summed E-state index contributed by atoms with van der Waals surface area (Å²) >= 11 is 14.1. The number of pyridine rings is 1. The summed E-state index contributed by atoms with van der Waals surface area (Å²) in [6.07, 6.45) is 4.38. The second kappa shape index (κ2) is 8.41. The predicted octanol–water partition coefficient (Wildman–Crippen LogP) is 6.43. The first kappa shape index (κ1) is 20.9. The highest BCUT2D eigenvalue weighted by Gasteiger charge is 2.23. The van der Waals surface area contributed by atoms with Crippen LogP contribution < -0.4 is 0 Å². The number of rotatable bonds is 6. The van der Waals surface area contributed by atoms with Crippen molar-refractivity contribution >= 4 is 51.6 Å². The number of carbonyl (C=O) groups excluding carboxylic acids is 1. The van der Waals surface area contributed by atoms with Gasteiger partial charge in [-0.3, -0.25) is 14.0 Å². The molecule has 4 aromatic rings. The van der Waals surface area contributed by atoms with Gasteiger partial charge in [-0.2, -0.15) is 5.10 Å². The molecule has 1 aromatic carbocycles. The smallest absolute Gasteiger partial charge is 0.178 e. The minimum atomic E-state index is -0.559. The second-order valence-corrected chi connectivity index (χ2v) is 8.49. The molecular weight excluding hydrogens is 446 g/mol. The lowest BCUT2D eigenvalue weighted by Gasteiger charge is -2.05. The minimum Gasteiger partial charge on any atom is -0.293 e. The van der Waals surface area contributed by atoms with E-state index in [9.17, 15) is 4.79 Å². The van der Waals surface area contributed by atoms with Gasteiger partial charge in [0.05, 0.1) is 27.3 Å².